The smallest absolute Gasteiger partial charge is 0.343 e. The van der Waals surface area contributed by atoms with Gasteiger partial charge in [-0.3, -0.25) is 4.79 Å². The molecule has 0 aliphatic heterocycles. The fourth-order valence-corrected chi connectivity index (χ4v) is 3.01. The Morgan fingerprint density at radius 3 is 2.42 bits per heavy atom. The number of fused-ring (bicyclic) bond motifs is 1. The molecule has 0 saturated heterocycles. The van der Waals surface area contributed by atoms with Crippen LogP contribution >= 0.6 is 0 Å². The molecule has 1 amide bonds. The van der Waals surface area contributed by atoms with E-state index in [4.69, 9.17) is 13.9 Å². The van der Waals surface area contributed by atoms with Crippen molar-refractivity contribution in [2.24, 2.45) is 5.10 Å². The van der Waals surface area contributed by atoms with E-state index in [1.165, 1.54) is 6.21 Å². The highest BCUT2D eigenvalue weighted by molar-refractivity contribution is 5.96. The summed E-state index contributed by atoms with van der Waals surface area (Å²) >= 11 is 0. The fourth-order valence-electron chi connectivity index (χ4n) is 3.01. The third-order valence-corrected chi connectivity index (χ3v) is 4.68. The van der Waals surface area contributed by atoms with Crippen molar-refractivity contribution in [3.63, 3.8) is 0 Å². The Balaban J connectivity index is 1.30. The SMILES string of the molecule is CCCOc1ccc(C(=O)Oc2ccc(/C=N/NC(=O)c3cc4ccccc4o3)cc2)cc1. The average molecular weight is 442 g/mol. The molecule has 0 spiro atoms. The number of hydrogen-bond donors (Lipinski definition) is 1. The Morgan fingerprint density at radius 1 is 0.970 bits per heavy atom. The molecule has 0 saturated carbocycles. The van der Waals surface area contributed by atoms with Crippen LogP contribution in [0.1, 0.15) is 39.8 Å². The summed E-state index contributed by atoms with van der Waals surface area (Å²) in [6.07, 6.45) is 2.40. The summed E-state index contributed by atoms with van der Waals surface area (Å²) in [5.74, 6) is 0.385. The number of esters is 1. The lowest BCUT2D eigenvalue weighted by atomic mass is 10.2. The third kappa shape index (κ3) is 5.65. The molecule has 7 heteroatoms. The van der Waals surface area contributed by atoms with Gasteiger partial charge in [0.2, 0.25) is 0 Å². The largest absolute Gasteiger partial charge is 0.494 e. The van der Waals surface area contributed by atoms with Crippen LogP contribution in [0.4, 0.5) is 0 Å². The van der Waals surface area contributed by atoms with Crippen molar-refractivity contribution in [3.8, 4) is 11.5 Å². The number of nitrogens with one attached hydrogen (secondary N) is 1. The molecule has 166 valence electrons. The first-order chi connectivity index (χ1) is 16.1. The van der Waals surface area contributed by atoms with Crippen LogP contribution in [-0.2, 0) is 0 Å². The normalized spacial score (nSPS) is 10.9. The minimum Gasteiger partial charge on any atom is -0.494 e. The van der Waals surface area contributed by atoms with Gasteiger partial charge < -0.3 is 13.9 Å². The summed E-state index contributed by atoms with van der Waals surface area (Å²) in [5, 5.41) is 4.80. The van der Waals surface area contributed by atoms with E-state index in [0.717, 1.165) is 17.4 Å². The van der Waals surface area contributed by atoms with E-state index >= 15 is 0 Å². The number of para-hydroxylation sites is 1. The van der Waals surface area contributed by atoms with Gasteiger partial charge >= 0.3 is 11.9 Å². The van der Waals surface area contributed by atoms with Crippen LogP contribution in [-0.4, -0.2) is 24.7 Å². The lowest BCUT2D eigenvalue weighted by Gasteiger charge is -2.07. The first kappa shape index (κ1) is 21.8. The molecule has 0 aliphatic carbocycles. The molecule has 1 N–H and O–H groups in total. The molecule has 0 aliphatic rings. The molecule has 1 aromatic heterocycles. The van der Waals surface area contributed by atoms with E-state index in [1.807, 2.05) is 25.1 Å². The molecule has 0 bridgehead atoms. The standard InChI is InChI=1S/C26H22N2O5/c1-2-15-31-21-13-9-19(10-14-21)26(30)32-22-11-7-18(8-12-22)17-27-28-25(29)24-16-20-5-3-4-6-23(20)33-24/h3-14,16-17H,2,15H2,1H3,(H,28,29)/b27-17+. The summed E-state index contributed by atoms with van der Waals surface area (Å²) in [7, 11) is 0. The summed E-state index contributed by atoms with van der Waals surface area (Å²) < 4.78 is 16.4. The number of nitrogens with zero attached hydrogens (tertiary/aromatic N) is 1. The first-order valence-electron chi connectivity index (χ1n) is 10.5. The first-order valence-corrected chi connectivity index (χ1v) is 10.5. The topological polar surface area (TPSA) is 90.1 Å². The molecule has 4 aromatic rings. The molecule has 0 fully saturated rings. The van der Waals surface area contributed by atoms with Crippen molar-refractivity contribution >= 4 is 29.1 Å². The second kappa shape index (κ2) is 10.3. The van der Waals surface area contributed by atoms with Gasteiger partial charge in [-0.15, -0.1) is 0 Å². The molecule has 33 heavy (non-hydrogen) atoms. The van der Waals surface area contributed by atoms with E-state index in [9.17, 15) is 9.59 Å². The minimum atomic E-state index is -0.462. The van der Waals surface area contributed by atoms with E-state index < -0.39 is 11.9 Å². The number of furan rings is 1. The summed E-state index contributed by atoms with van der Waals surface area (Å²) in [5.41, 5.74) is 4.22. The molecule has 1 heterocycles. The van der Waals surface area contributed by atoms with Gasteiger partial charge in [0.05, 0.1) is 18.4 Å². The van der Waals surface area contributed by atoms with Gasteiger partial charge in [0.1, 0.15) is 17.1 Å². The quantitative estimate of drug-likeness (QED) is 0.175. The number of rotatable bonds is 8. The monoisotopic (exact) mass is 442 g/mol. The Labute approximate surface area is 190 Å². The molecular formula is C26H22N2O5. The van der Waals surface area contributed by atoms with Gasteiger partial charge in [-0.2, -0.15) is 5.10 Å². The minimum absolute atomic E-state index is 0.181. The van der Waals surface area contributed by atoms with Crippen molar-refractivity contribution in [1.82, 2.24) is 5.43 Å². The molecule has 7 nitrogen and oxygen atoms in total. The number of ether oxygens (including phenoxy) is 2. The average Bonchev–Trinajstić information content (AvgIpc) is 3.29. The second-order valence-electron chi connectivity index (χ2n) is 7.18. The number of amides is 1. The number of hydrazone groups is 1. The van der Waals surface area contributed by atoms with Crippen LogP contribution in [0.3, 0.4) is 0 Å². The highest BCUT2D eigenvalue weighted by Crippen LogP contribution is 2.19. The summed E-state index contributed by atoms with van der Waals surface area (Å²) in [6.45, 7) is 2.66. The maximum Gasteiger partial charge on any atom is 0.343 e. The zero-order chi connectivity index (χ0) is 23.0. The summed E-state index contributed by atoms with van der Waals surface area (Å²) in [6, 6.07) is 22.6. The zero-order valence-corrected chi connectivity index (χ0v) is 18.0. The van der Waals surface area contributed by atoms with Crippen LogP contribution in [0, 0.1) is 0 Å². The van der Waals surface area contributed by atoms with E-state index in [0.29, 0.717) is 29.3 Å². The van der Waals surface area contributed by atoms with Gasteiger partial charge in [0.15, 0.2) is 5.76 Å². The van der Waals surface area contributed by atoms with Crippen molar-refractivity contribution in [2.75, 3.05) is 6.61 Å². The maximum atomic E-state index is 12.3. The number of carbonyl (C=O) groups is 2. The van der Waals surface area contributed by atoms with E-state index in [1.54, 1.807) is 60.7 Å². The van der Waals surface area contributed by atoms with Crippen LogP contribution in [0.2, 0.25) is 0 Å². The fraction of sp³-hybridized carbons (Fsp3) is 0.115. The predicted octanol–water partition coefficient (Wildman–Crippen LogP) is 5.20. The van der Waals surface area contributed by atoms with Crippen LogP contribution in [0.15, 0.2) is 88.4 Å². The predicted molar refractivity (Wildman–Crippen MR) is 125 cm³/mol. The zero-order valence-electron chi connectivity index (χ0n) is 18.0. The molecule has 0 radical (unpaired) electrons. The van der Waals surface area contributed by atoms with Gasteiger partial charge in [-0.05, 0) is 72.6 Å². The van der Waals surface area contributed by atoms with Crippen LogP contribution in [0.25, 0.3) is 11.0 Å². The molecule has 3 aromatic carbocycles. The second-order valence-corrected chi connectivity index (χ2v) is 7.18. The van der Waals surface area contributed by atoms with Crippen molar-refractivity contribution in [1.29, 1.82) is 0 Å². The maximum absolute atomic E-state index is 12.3. The van der Waals surface area contributed by atoms with E-state index in [-0.39, 0.29) is 5.76 Å². The Morgan fingerprint density at radius 2 is 1.70 bits per heavy atom. The highest BCUT2D eigenvalue weighted by atomic mass is 16.5. The van der Waals surface area contributed by atoms with Crippen molar-refractivity contribution in [3.05, 3.63) is 95.7 Å². The van der Waals surface area contributed by atoms with Gasteiger partial charge in [-0.1, -0.05) is 25.1 Å². The van der Waals surface area contributed by atoms with Crippen LogP contribution in [0.5, 0.6) is 11.5 Å². The molecule has 0 unspecified atom stereocenters. The van der Waals surface area contributed by atoms with Gasteiger partial charge in [-0.25, -0.2) is 10.2 Å². The highest BCUT2D eigenvalue weighted by Gasteiger charge is 2.11. The number of carbonyl (C=O) groups excluding carboxylic acids is 2. The molecule has 0 atom stereocenters. The summed E-state index contributed by atoms with van der Waals surface area (Å²) in [4.78, 5) is 24.5. The Hall–Kier alpha value is -4.39. The third-order valence-electron chi connectivity index (χ3n) is 4.68. The van der Waals surface area contributed by atoms with Gasteiger partial charge in [0, 0.05) is 5.39 Å². The molecule has 4 rings (SSSR count). The van der Waals surface area contributed by atoms with Crippen LogP contribution < -0.4 is 14.9 Å². The lowest BCUT2D eigenvalue weighted by Crippen LogP contribution is -2.16. The van der Waals surface area contributed by atoms with Gasteiger partial charge in [0.25, 0.3) is 0 Å². The number of hydrogen-bond acceptors (Lipinski definition) is 6. The van der Waals surface area contributed by atoms with E-state index in [2.05, 4.69) is 10.5 Å². The molecular weight excluding hydrogens is 420 g/mol. The lowest BCUT2D eigenvalue weighted by molar-refractivity contribution is 0.0734. The Bertz CT molecular complexity index is 1240. The Kier molecular flexibility index (Phi) is 6.80. The number of benzene rings is 3. The van der Waals surface area contributed by atoms with Crippen molar-refractivity contribution < 1.29 is 23.5 Å². The van der Waals surface area contributed by atoms with Crippen molar-refractivity contribution in [2.45, 2.75) is 13.3 Å².